The second kappa shape index (κ2) is 8.79. The van der Waals surface area contributed by atoms with E-state index in [0.29, 0.717) is 29.2 Å². The first-order valence-corrected chi connectivity index (χ1v) is 7.98. The number of hydrogen-bond donors (Lipinski definition) is 2. The van der Waals surface area contributed by atoms with Crippen LogP contribution in [0.2, 0.25) is 0 Å². The van der Waals surface area contributed by atoms with Crippen LogP contribution in [0.1, 0.15) is 27.6 Å². The summed E-state index contributed by atoms with van der Waals surface area (Å²) in [4.78, 5) is 23.6. The summed E-state index contributed by atoms with van der Waals surface area (Å²) in [6, 6.07) is 13.4. The van der Waals surface area contributed by atoms with E-state index in [1.54, 1.807) is 48.5 Å². The highest BCUT2D eigenvalue weighted by molar-refractivity contribution is 7.80. The van der Waals surface area contributed by atoms with Crippen molar-refractivity contribution in [3.05, 3.63) is 59.7 Å². The van der Waals surface area contributed by atoms with E-state index >= 15 is 0 Å². The van der Waals surface area contributed by atoms with E-state index in [-0.39, 0.29) is 11.0 Å². The largest absolute Gasteiger partial charge is 0.494 e. The van der Waals surface area contributed by atoms with Gasteiger partial charge in [0.05, 0.1) is 19.3 Å². The van der Waals surface area contributed by atoms with Crippen LogP contribution in [0.25, 0.3) is 0 Å². The van der Waals surface area contributed by atoms with Crippen molar-refractivity contribution in [3.63, 3.8) is 0 Å². The molecule has 0 unspecified atom stereocenters. The molecule has 0 fully saturated rings. The van der Waals surface area contributed by atoms with Crippen molar-refractivity contribution < 1.29 is 19.1 Å². The minimum absolute atomic E-state index is 0.151. The summed E-state index contributed by atoms with van der Waals surface area (Å²) in [5, 5.41) is 5.63. The fraction of sp³-hybridized carbons (Fsp3) is 0.167. The molecule has 25 heavy (non-hydrogen) atoms. The lowest BCUT2D eigenvalue weighted by molar-refractivity contribution is 0.0600. The van der Waals surface area contributed by atoms with Crippen LogP contribution in [-0.2, 0) is 4.74 Å². The Morgan fingerprint density at radius 2 is 1.80 bits per heavy atom. The quantitative estimate of drug-likeness (QED) is 0.632. The third-order valence-electron chi connectivity index (χ3n) is 3.20. The molecule has 0 atom stereocenters. The fourth-order valence-electron chi connectivity index (χ4n) is 2.04. The van der Waals surface area contributed by atoms with Crippen molar-refractivity contribution in [2.75, 3.05) is 19.0 Å². The number of nitrogens with one attached hydrogen (secondary N) is 2. The van der Waals surface area contributed by atoms with Gasteiger partial charge in [0.2, 0.25) is 0 Å². The highest BCUT2D eigenvalue weighted by atomic mass is 32.1. The Hall–Kier alpha value is -2.93. The number of anilines is 1. The maximum absolute atomic E-state index is 12.2. The van der Waals surface area contributed by atoms with Crippen molar-refractivity contribution >= 4 is 34.9 Å². The Labute approximate surface area is 151 Å². The molecular formula is C18H18N2O4S. The monoisotopic (exact) mass is 358 g/mol. The summed E-state index contributed by atoms with van der Waals surface area (Å²) in [7, 11) is 1.32. The molecule has 0 heterocycles. The maximum atomic E-state index is 12.2. The van der Waals surface area contributed by atoms with Crippen LogP contribution in [0.4, 0.5) is 5.69 Å². The van der Waals surface area contributed by atoms with Crippen LogP contribution in [-0.4, -0.2) is 30.7 Å². The summed E-state index contributed by atoms with van der Waals surface area (Å²) in [5.41, 5.74) is 1.51. The Kier molecular flexibility index (Phi) is 6.47. The van der Waals surface area contributed by atoms with Gasteiger partial charge in [-0.05, 0) is 61.6 Å². The van der Waals surface area contributed by atoms with Crippen molar-refractivity contribution in [1.82, 2.24) is 5.32 Å². The van der Waals surface area contributed by atoms with Gasteiger partial charge in [0.15, 0.2) is 5.11 Å². The number of carbonyl (C=O) groups excluding carboxylic acids is 2. The molecule has 130 valence electrons. The molecule has 0 aliphatic heterocycles. The molecule has 2 N–H and O–H groups in total. The van der Waals surface area contributed by atoms with Crippen molar-refractivity contribution in [1.29, 1.82) is 0 Å². The number of benzene rings is 2. The Morgan fingerprint density at radius 1 is 1.08 bits per heavy atom. The van der Waals surface area contributed by atoms with E-state index in [1.807, 2.05) is 6.92 Å². The number of ether oxygens (including phenoxy) is 2. The number of amides is 1. The second-order valence-electron chi connectivity index (χ2n) is 4.94. The normalized spacial score (nSPS) is 9.84. The highest BCUT2D eigenvalue weighted by Crippen LogP contribution is 2.14. The second-order valence-corrected chi connectivity index (χ2v) is 5.35. The van der Waals surface area contributed by atoms with E-state index in [9.17, 15) is 9.59 Å². The molecule has 0 aromatic heterocycles. The Morgan fingerprint density at radius 3 is 2.44 bits per heavy atom. The van der Waals surface area contributed by atoms with Gasteiger partial charge in [-0.1, -0.05) is 6.07 Å². The van der Waals surface area contributed by atoms with E-state index in [0.717, 1.165) is 0 Å². The fourth-order valence-corrected chi connectivity index (χ4v) is 2.25. The Balaban J connectivity index is 1.96. The first kappa shape index (κ1) is 18.4. The van der Waals surface area contributed by atoms with Crippen LogP contribution < -0.4 is 15.4 Å². The standard InChI is InChI=1S/C18H18N2O4S/c1-3-24-15-6-4-5-13(11-15)16(21)20-18(25)19-14-9-7-12(8-10-14)17(22)23-2/h4-11H,3H2,1-2H3,(H2,19,20,21,25). The molecule has 0 saturated heterocycles. The van der Waals surface area contributed by atoms with Crippen molar-refractivity contribution in [2.24, 2.45) is 0 Å². The number of rotatable bonds is 5. The molecule has 1 amide bonds. The SMILES string of the molecule is CCOc1cccc(C(=O)NC(=S)Nc2ccc(C(=O)OC)cc2)c1. The number of esters is 1. The summed E-state index contributed by atoms with van der Waals surface area (Å²) in [5.74, 6) is -0.144. The average molecular weight is 358 g/mol. The minimum atomic E-state index is -0.420. The molecule has 2 rings (SSSR count). The number of carbonyl (C=O) groups is 2. The molecule has 7 heteroatoms. The lowest BCUT2D eigenvalue weighted by Crippen LogP contribution is -2.34. The van der Waals surface area contributed by atoms with Gasteiger partial charge in [-0.3, -0.25) is 10.1 Å². The van der Waals surface area contributed by atoms with Gasteiger partial charge in [0, 0.05) is 11.3 Å². The molecule has 6 nitrogen and oxygen atoms in total. The molecule has 0 saturated carbocycles. The summed E-state index contributed by atoms with van der Waals surface area (Å²) >= 11 is 5.14. The third kappa shape index (κ3) is 5.29. The first-order valence-electron chi connectivity index (χ1n) is 7.57. The number of methoxy groups -OCH3 is 1. The van der Waals surface area contributed by atoms with Gasteiger partial charge >= 0.3 is 5.97 Å². The van der Waals surface area contributed by atoms with Crippen LogP contribution in [0.5, 0.6) is 5.75 Å². The maximum Gasteiger partial charge on any atom is 0.337 e. The van der Waals surface area contributed by atoms with Gasteiger partial charge in [-0.25, -0.2) is 4.79 Å². The van der Waals surface area contributed by atoms with Gasteiger partial charge in [-0.15, -0.1) is 0 Å². The number of thiocarbonyl (C=S) groups is 1. The minimum Gasteiger partial charge on any atom is -0.494 e. The van der Waals surface area contributed by atoms with Gasteiger partial charge in [0.1, 0.15) is 5.75 Å². The van der Waals surface area contributed by atoms with Crippen molar-refractivity contribution in [2.45, 2.75) is 6.92 Å². The molecule has 0 aliphatic rings. The Bertz CT molecular complexity index is 775. The predicted octanol–water partition coefficient (Wildman–Crippen LogP) is 3.00. The summed E-state index contributed by atoms with van der Waals surface area (Å²) in [6.07, 6.45) is 0. The van der Waals surface area contributed by atoms with Gasteiger partial charge in [-0.2, -0.15) is 0 Å². The van der Waals surface area contributed by atoms with Gasteiger partial charge in [0.25, 0.3) is 5.91 Å². The lowest BCUT2D eigenvalue weighted by Gasteiger charge is -2.11. The van der Waals surface area contributed by atoms with E-state index in [4.69, 9.17) is 17.0 Å². The first-order chi connectivity index (χ1) is 12.0. The zero-order chi connectivity index (χ0) is 18.2. The average Bonchev–Trinajstić information content (AvgIpc) is 2.62. The smallest absolute Gasteiger partial charge is 0.337 e. The van der Waals surface area contributed by atoms with E-state index < -0.39 is 5.97 Å². The van der Waals surface area contributed by atoms with E-state index in [2.05, 4.69) is 15.4 Å². The molecule has 2 aromatic rings. The summed E-state index contributed by atoms with van der Waals surface area (Å²) in [6.45, 7) is 2.39. The van der Waals surface area contributed by atoms with E-state index in [1.165, 1.54) is 7.11 Å². The molecule has 0 spiro atoms. The molecule has 2 aromatic carbocycles. The van der Waals surface area contributed by atoms with Crippen LogP contribution in [0.3, 0.4) is 0 Å². The lowest BCUT2D eigenvalue weighted by atomic mass is 10.2. The molecule has 0 aliphatic carbocycles. The molecule has 0 bridgehead atoms. The third-order valence-corrected chi connectivity index (χ3v) is 3.40. The topological polar surface area (TPSA) is 76.7 Å². The highest BCUT2D eigenvalue weighted by Gasteiger charge is 2.10. The zero-order valence-electron chi connectivity index (χ0n) is 13.9. The zero-order valence-corrected chi connectivity index (χ0v) is 14.7. The predicted molar refractivity (Wildman–Crippen MR) is 99.1 cm³/mol. The van der Waals surface area contributed by atoms with Gasteiger partial charge < -0.3 is 14.8 Å². The summed E-state index contributed by atoms with van der Waals surface area (Å²) < 4.78 is 10.0. The van der Waals surface area contributed by atoms with Crippen molar-refractivity contribution in [3.8, 4) is 5.75 Å². The van der Waals surface area contributed by atoms with Crippen LogP contribution >= 0.6 is 12.2 Å². The van der Waals surface area contributed by atoms with Crippen LogP contribution in [0.15, 0.2) is 48.5 Å². The molecule has 0 radical (unpaired) electrons. The molecular weight excluding hydrogens is 340 g/mol. The van der Waals surface area contributed by atoms with Crippen LogP contribution in [0, 0.1) is 0 Å². The number of hydrogen-bond acceptors (Lipinski definition) is 5.